The van der Waals surface area contributed by atoms with Crippen molar-refractivity contribution < 1.29 is 9.53 Å². The standard InChI is InChI=1S/C22H23N3O2S/c26-22(20-13-19(24-25-20)21-7-4-12-28-21)23-14-16-8-10-18(11-9-16)27-15-17-5-2-1-3-6-17/h1-12,19-20,24-25H,13-15H2,(H,23,26). The maximum absolute atomic E-state index is 12.4. The number of thiophene rings is 1. The molecule has 1 saturated heterocycles. The summed E-state index contributed by atoms with van der Waals surface area (Å²) in [6, 6.07) is 22.0. The van der Waals surface area contributed by atoms with Gasteiger partial charge in [-0.1, -0.05) is 48.5 Å². The van der Waals surface area contributed by atoms with Crippen LogP contribution in [0.3, 0.4) is 0 Å². The van der Waals surface area contributed by atoms with Crippen LogP contribution in [-0.4, -0.2) is 11.9 Å². The minimum Gasteiger partial charge on any atom is -0.489 e. The molecule has 0 spiro atoms. The summed E-state index contributed by atoms with van der Waals surface area (Å²) >= 11 is 1.70. The maximum Gasteiger partial charge on any atom is 0.238 e. The molecule has 144 valence electrons. The molecule has 4 rings (SSSR count). The van der Waals surface area contributed by atoms with E-state index in [9.17, 15) is 4.79 Å². The fourth-order valence-electron chi connectivity index (χ4n) is 3.16. The summed E-state index contributed by atoms with van der Waals surface area (Å²) in [6.45, 7) is 1.04. The van der Waals surface area contributed by atoms with Gasteiger partial charge in [-0.3, -0.25) is 4.79 Å². The van der Waals surface area contributed by atoms with Crippen molar-refractivity contribution in [1.82, 2.24) is 16.2 Å². The van der Waals surface area contributed by atoms with Gasteiger partial charge in [0.25, 0.3) is 0 Å². The van der Waals surface area contributed by atoms with Gasteiger partial charge >= 0.3 is 0 Å². The summed E-state index contributed by atoms with van der Waals surface area (Å²) in [5.41, 5.74) is 8.48. The minimum absolute atomic E-state index is 0.0101. The second-order valence-electron chi connectivity index (χ2n) is 6.78. The first-order valence-corrected chi connectivity index (χ1v) is 10.2. The first-order valence-electron chi connectivity index (χ1n) is 9.36. The highest BCUT2D eigenvalue weighted by atomic mass is 32.1. The molecule has 5 nitrogen and oxygen atoms in total. The predicted molar refractivity (Wildman–Crippen MR) is 111 cm³/mol. The zero-order valence-electron chi connectivity index (χ0n) is 15.4. The molecule has 3 aromatic rings. The largest absolute Gasteiger partial charge is 0.489 e. The molecule has 0 aliphatic carbocycles. The number of rotatable bonds is 7. The summed E-state index contributed by atoms with van der Waals surface area (Å²) in [4.78, 5) is 13.7. The van der Waals surface area contributed by atoms with Crippen LogP contribution in [0, 0.1) is 0 Å². The van der Waals surface area contributed by atoms with Crippen LogP contribution in [0.25, 0.3) is 0 Å². The number of hydrogen-bond acceptors (Lipinski definition) is 5. The lowest BCUT2D eigenvalue weighted by Crippen LogP contribution is -2.42. The monoisotopic (exact) mass is 393 g/mol. The molecule has 1 aliphatic rings. The molecule has 1 amide bonds. The number of benzene rings is 2. The molecule has 3 N–H and O–H groups in total. The number of amides is 1. The van der Waals surface area contributed by atoms with Crippen LogP contribution in [0.2, 0.25) is 0 Å². The van der Waals surface area contributed by atoms with Crippen molar-refractivity contribution in [1.29, 1.82) is 0 Å². The average molecular weight is 394 g/mol. The minimum atomic E-state index is -0.222. The maximum atomic E-state index is 12.4. The Morgan fingerprint density at radius 3 is 2.57 bits per heavy atom. The van der Waals surface area contributed by atoms with E-state index >= 15 is 0 Å². The van der Waals surface area contributed by atoms with Gasteiger partial charge in [-0.05, 0) is 41.1 Å². The van der Waals surface area contributed by atoms with Crippen molar-refractivity contribution in [3.8, 4) is 5.75 Å². The van der Waals surface area contributed by atoms with E-state index in [4.69, 9.17) is 4.74 Å². The molecular formula is C22H23N3O2S. The van der Waals surface area contributed by atoms with Gasteiger partial charge < -0.3 is 10.1 Å². The Labute approximate surface area is 168 Å². The summed E-state index contributed by atoms with van der Waals surface area (Å²) in [5, 5.41) is 5.06. The number of carbonyl (C=O) groups is 1. The van der Waals surface area contributed by atoms with Gasteiger partial charge in [0, 0.05) is 11.4 Å². The Morgan fingerprint density at radius 2 is 1.82 bits per heavy atom. The molecule has 0 bridgehead atoms. The van der Waals surface area contributed by atoms with Crippen LogP contribution >= 0.6 is 11.3 Å². The molecule has 2 atom stereocenters. The molecule has 28 heavy (non-hydrogen) atoms. The van der Waals surface area contributed by atoms with E-state index in [-0.39, 0.29) is 18.0 Å². The third kappa shape index (κ3) is 4.78. The molecule has 0 radical (unpaired) electrons. The molecule has 0 saturated carbocycles. The fraction of sp³-hybridized carbons (Fsp3) is 0.227. The van der Waals surface area contributed by atoms with Crippen LogP contribution < -0.4 is 20.9 Å². The lowest BCUT2D eigenvalue weighted by Gasteiger charge is -2.11. The van der Waals surface area contributed by atoms with Crippen LogP contribution in [0.5, 0.6) is 5.75 Å². The normalized spacial score (nSPS) is 18.7. The zero-order chi connectivity index (χ0) is 19.2. The number of carbonyl (C=O) groups excluding carboxylic acids is 1. The van der Waals surface area contributed by atoms with Crippen molar-refractivity contribution in [3.05, 3.63) is 88.1 Å². The number of ether oxygens (including phenoxy) is 1. The molecule has 2 aromatic carbocycles. The van der Waals surface area contributed by atoms with Gasteiger partial charge in [0.15, 0.2) is 0 Å². The lowest BCUT2D eigenvalue weighted by atomic mass is 10.1. The second kappa shape index (κ2) is 9.01. The van der Waals surface area contributed by atoms with E-state index in [2.05, 4.69) is 27.6 Å². The number of hydrogen-bond donors (Lipinski definition) is 3. The molecule has 2 heterocycles. The van der Waals surface area contributed by atoms with Crippen molar-refractivity contribution in [2.75, 3.05) is 0 Å². The highest BCUT2D eigenvalue weighted by Gasteiger charge is 2.30. The van der Waals surface area contributed by atoms with Crippen LogP contribution in [0.15, 0.2) is 72.1 Å². The number of nitrogens with one attached hydrogen (secondary N) is 3. The third-order valence-corrected chi connectivity index (χ3v) is 5.73. The Morgan fingerprint density at radius 1 is 1.00 bits per heavy atom. The van der Waals surface area contributed by atoms with Crippen LogP contribution in [-0.2, 0) is 17.9 Å². The Kier molecular flexibility index (Phi) is 6.01. The van der Waals surface area contributed by atoms with Gasteiger partial charge in [-0.25, -0.2) is 10.9 Å². The smallest absolute Gasteiger partial charge is 0.238 e. The van der Waals surface area contributed by atoms with Crippen molar-refractivity contribution in [2.45, 2.75) is 31.7 Å². The number of hydrazine groups is 1. The summed E-state index contributed by atoms with van der Waals surface area (Å²) in [7, 11) is 0. The van der Waals surface area contributed by atoms with Gasteiger partial charge in [0.1, 0.15) is 18.4 Å². The van der Waals surface area contributed by atoms with Gasteiger partial charge in [-0.15, -0.1) is 11.3 Å². The summed E-state index contributed by atoms with van der Waals surface area (Å²) < 4.78 is 5.80. The predicted octanol–water partition coefficient (Wildman–Crippen LogP) is 3.55. The molecule has 2 unspecified atom stereocenters. The summed E-state index contributed by atoms with van der Waals surface area (Å²) in [6.07, 6.45) is 0.749. The van der Waals surface area contributed by atoms with Crippen molar-refractivity contribution in [3.63, 3.8) is 0 Å². The van der Waals surface area contributed by atoms with E-state index < -0.39 is 0 Å². The van der Waals surface area contributed by atoms with Crippen LogP contribution in [0.4, 0.5) is 0 Å². The summed E-state index contributed by atoms with van der Waals surface area (Å²) in [5.74, 6) is 0.829. The van der Waals surface area contributed by atoms with E-state index in [1.807, 2.05) is 60.7 Å². The topological polar surface area (TPSA) is 62.4 Å². The average Bonchev–Trinajstić information content (AvgIpc) is 3.44. The fourth-order valence-corrected chi connectivity index (χ4v) is 3.95. The molecule has 1 aromatic heterocycles. The first kappa shape index (κ1) is 18.7. The third-order valence-electron chi connectivity index (χ3n) is 4.74. The highest BCUT2D eigenvalue weighted by molar-refractivity contribution is 7.10. The molecular weight excluding hydrogens is 370 g/mol. The SMILES string of the molecule is O=C(NCc1ccc(OCc2ccccc2)cc1)C1CC(c2cccs2)NN1. The van der Waals surface area contributed by atoms with Crippen molar-refractivity contribution >= 4 is 17.2 Å². The van der Waals surface area contributed by atoms with Crippen molar-refractivity contribution in [2.24, 2.45) is 0 Å². The Balaban J connectivity index is 1.23. The zero-order valence-corrected chi connectivity index (χ0v) is 16.2. The molecule has 1 aliphatic heterocycles. The Hall–Kier alpha value is -2.67. The van der Waals surface area contributed by atoms with Gasteiger partial charge in [0.05, 0.1) is 6.04 Å². The van der Waals surface area contributed by atoms with E-state index in [1.54, 1.807) is 11.3 Å². The Bertz CT molecular complexity index is 882. The second-order valence-corrected chi connectivity index (χ2v) is 7.76. The quantitative estimate of drug-likeness (QED) is 0.574. The highest BCUT2D eigenvalue weighted by Crippen LogP contribution is 2.26. The van der Waals surface area contributed by atoms with E-state index in [1.165, 1.54) is 4.88 Å². The molecule has 1 fully saturated rings. The molecule has 6 heteroatoms. The lowest BCUT2D eigenvalue weighted by molar-refractivity contribution is -0.123. The van der Waals surface area contributed by atoms with Gasteiger partial charge in [-0.2, -0.15) is 0 Å². The van der Waals surface area contributed by atoms with E-state index in [0.717, 1.165) is 23.3 Å². The van der Waals surface area contributed by atoms with Crippen LogP contribution in [0.1, 0.15) is 28.5 Å². The first-order chi connectivity index (χ1) is 13.8. The van der Waals surface area contributed by atoms with E-state index in [0.29, 0.717) is 13.2 Å². The van der Waals surface area contributed by atoms with Gasteiger partial charge in [0.2, 0.25) is 5.91 Å².